The van der Waals surface area contributed by atoms with Crippen LogP contribution in [0.5, 0.6) is 5.75 Å². The molecule has 0 unspecified atom stereocenters. The number of benzene rings is 4. The summed E-state index contributed by atoms with van der Waals surface area (Å²) in [5, 5.41) is 3.47. The fourth-order valence-electron chi connectivity index (χ4n) is 4.30. The zero-order chi connectivity index (χ0) is 27.9. The van der Waals surface area contributed by atoms with Gasteiger partial charge in [-0.3, -0.25) is 19.5 Å². The number of nitrogens with zero attached hydrogens (tertiary/aromatic N) is 3. The van der Waals surface area contributed by atoms with Crippen LogP contribution in [0, 0.1) is 0 Å². The van der Waals surface area contributed by atoms with Gasteiger partial charge in [-0.25, -0.2) is 4.98 Å². The second-order valence-corrected chi connectivity index (χ2v) is 9.53. The van der Waals surface area contributed by atoms with Crippen molar-refractivity contribution in [2.75, 3.05) is 19.0 Å². The third kappa shape index (κ3) is 6.39. The van der Waals surface area contributed by atoms with E-state index in [9.17, 15) is 9.59 Å². The van der Waals surface area contributed by atoms with Crippen LogP contribution in [0.4, 0.5) is 5.95 Å². The molecule has 0 radical (unpaired) electrons. The molecule has 5 rings (SSSR count). The van der Waals surface area contributed by atoms with E-state index in [2.05, 4.69) is 5.32 Å². The molecule has 1 heterocycles. The van der Waals surface area contributed by atoms with Gasteiger partial charge < -0.3 is 9.64 Å². The lowest BCUT2D eigenvalue weighted by atomic mass is 10.1. The zero-order valence-electron chi connectivity index (χ0n) is 21.8. The molecule has 0 atom stereocenters. The molecule has 4 aromatic carbocycles. The lowest BCUT2D eigenvalue weighted by Crippen LogP contribution is -2.38. The second-order valence-electron chi connectivity index (χ2n) is 9.09. The van der Waals surface area contributed by atoms with Gasteiger partial charge in [-0.15, -0.1) is 0 Å². The standard InChI is InChI=1S/C32H27ClN4O3/c1-40-28-17-15-25(16-18-28)31(39)36(20-23-9-4-2-5-10-23)22-30(38)35-32-34-29(24-11-6-3-7-12-24)21-37(32)27-14-8-13-26(33)19-27/h2-19,21H,20,22H2,1H3,(H,34,35,38). The van der Waals surface area contributed by atoms with Gasteiger partial charge >= 0.3 is 0 Å². The molecule has 7 nitrogen and oxygen atoms in total. The summed E-state index contributed by atoms with van der Waals surface area (Å²) in [6.07, 6.45) is 1.85. The largest absolute Gasteiger partial charge is 0.497 e. The Labute approximate surface area is 237 Å². The maximum atomic E-state index is 13.5. The van der Waals surface area contributed by atoms with Crippen molar-refractivity contribution in [3.05, 3.63) is 132 Å². The summed E-state index contributed by atoms with van der Waals surface area (Å²) in [6.45, 7) is 0.0833. The normalized spacial score (nSPS) is 10.7. The smallest absolute Gasteiger partial charge is 0.254 e. The molecule has 0 spiro atoms. The van der Waals surface area contributed by atoms with Crippen molar-refractivity contribution in [2.45, 2.75) is 6.54 Å². The average Bonchev–Trinajstić information content (AvgIpc) is 3.41. The Bertz CT molecular complexity index is 1600. The minimum atomic E-state index is -0.383. The Morgan fingerprint density at radius 3 is 2.27 bits per heavy atom. The Balaban J connectivity index is 1.43. The van der Waals surface area contributed by atoms with Gasteiger partial charge in [0, 0.05) is 34.6 Å². The molecular weight excluding hydrogens is 524 g/mol. The van der Waals surface area contributed by atoms with Crippen LogP contribution in [0.1, 0.15) is 15.9 Å². The van der Waals surface area contributed by atoms with E-state index in [1.807, 2.05) is 79.0 Å². The number of amides is 2. The van der Waals surface area contributed by atoms with Crippen LogP contribution in [0.25, 0.3) is 16.9 Å². The van der Waals surface area contributed by atoms with Crippen molar-refractivity contribution in [1.82, 2.24) is 14.5 Å². The minimum Gasteiger partial charge on any atom is -0.497 e. The molecule has 0 aliphatic rings. The molecule has 0 aliphatic heterocycles. The van der Waals surface area contributed by atoms with E-state index < -0.39 is 0 Å². The first kappa shape index (κ1) is 26.7. The van der Waals surface area contributed by atoms with Crippen molar-refractivity contribution >= 4 is 29.4 Å². The number of halogens is 1. The monoisotopic (exact) mass is 550 g/mol. The number of hydrogen-bond donors (Lipinski definition) is 1. The van der Waals surface area contributed by atoms with Gasteiger partial charge in [0.1, 0.15) is 12.3 Å². The summed E-state index contributed by atoms with van der Waals surface area (Å²) in [4.78, 5) is 33.2. The molecule has 0 fully saturated rings. The predicted octanol–water partition coefficient (Wildman–Crippen LogP) is 6.48. The SMILES string of the molecule is COc1ccc(C(=O)N(CC(=O)Nc2nc(-c3ccccc3)cn2-c2cccc(Cl)c2)Cc2ccccc2)cc1. The fourth-order valence-corrected chi connectivity index (χ4v) is 4.48. The third-order valence-corrected chi connectivity index (χ3v) is 6.52. The zero-order valence-corrected chi connectivity index (χ0v) is 22.6. The van der Waals surface area contributed by atoms with Crippen molar-refractivity contribution in [3.8, 4) is 22.7 Å². The van der Waals surface area contributed by atoms with E-state index >= 15 is 0 Å². The Hall–Kier alpha value is -4.88. The number of carbonyl (C=O) groups is 2. The third-order valence-electron chi connectivity index (χ3n) is 6.29. The van der Waals surface area contributed by atoms with Crippen molar-refractivity contribution in [3.63, 3.8) is 0 Å². The first-order valence-electron chi connectivity index (χ1n) is 12.7. The van der Waals surface area contributed by atoms with Crippen molar-refractivity contribution in [1.29, 1.82) is 0 Å². The highest BCUT2D eigenvalue weighted by molar-refractivity contribution is 6.30. The van der Waals surface area contributed by atoms with E-state index in [4.69, 9.17) is 21.3 Å². The van der Waals surface area contributed by atoms with E-state index in [1.165, 1.54) is 4.90 Å². The summed E-state index contributed by atoms with van der Waals surface area (Å²) in [5.74, 6) is 0.310. The first-order chi connectivity index (χ1) is 19.5. The first-order valence-corrected chi connectivity index (χ1v) is 13.1. The topological polar surface area (TPSA) is 76.5 Å². The number of rotatable bonds is 9. The number of nitrogens with one attached hydrogen (secondary N) is 1. The molecule has 0 saturated carbocycles. The maximum Gasteiger partial charge on any atom is 0.254 e. The number of methoxy groups -OCH3 is 1. The highest BCUT2D eigenvalue weighted by atomic mass is 35.5. The lowest BCUT2D eigenvalue weighted by Gasteiger charge is -2.22. The van der Waals surface area contributed by atoms with Gasteiger partial charge in [0.05, 0.1) is 12.8 Å². The minimum absolute atomic E-state index is 0.178. The van der Waals surface area contributed by atoms with E-state index in [0.717, 1.165) is 16.8 Å². The van der Waals surface area contributed by atoms with Crippen LogP contribution in [0.2, 0.25) is 5.02 Å². The molecule has 8 heteroatoms. The van der Waals surface area contributed by atoms with Crippen LogP contribution >= 0.6 is 11.6 Å². The second kappa shape index (κ2) is 12.3. The molecule has 1 aromatic heterocycles. The molecule has 0 saturated heterocycles. The average molecular weight is 551 g/mol. The van der Waals surface area contributed by atoms with Gasteiger partial charge in [-0.1, -0.05) is 78.3 Å². The van der Waals surface area contributed by atoms with Crippen LogP contribution < -0.4 is 10.1 Å². The Morgan fingerprint density at radius 1 is 0.900 bits per heavy atom. The molecule has 40 heavy (non-hydrogen) atoms. The van der Waals surface area contributed by atoms with Crippen molar-refractivity contribution in [2.24, 2.45) is 0 Å². The lowest BCUT2D eigenvalue weighted by molar-refractivity contribution is -0.117. The van der Waals surface area contributed by atoms with Crippen LogP contribution in [0.3, 0.4) is 0 Å². The molecule has 0 aliphatic carbocycles. The van der Waals surface area contributed by atoms with Crippen LogP contribution in [0.15, 0.2) is 115 Å². The maximum absolute atomic E-state index is 13.5. The number of hydrogen-bond acceptors (Lipinski definition) is 4. The number of aromatic nitrogens is 2. The highest BCUT2D eigenvalue weighted by Crippen LogP contribution is 2.26. The van der Waals surface area contributed by atoms with Gasteiger partial charge in [-0.2, -0.15) is 0 Å². The summed E-state index contributed by atoms with van der Waals surface area (Å²) in [5.41, 5.74) is 3.69. The van der Waals surface area contributed by atoms with Gasteiger partial charge in [0.2, 0.25) is 11.9 Å². The van der Waals surface area contributed by atoms with E-state index in [1.54, 1.807) is 48.1 Å². The summed E-state index contributed by atoms with van der Waals surface area (Å²) in [6, 6.07) is 33.4. The Morgan fingerprint density at radius 2 is 1.60 bits per heavy atom. The fraction of sp³-hybridized carbons (Fsp3) is 0.0938. The van der Waals surface area contributed by atoms with Crippen molar-refractivity contribution < 1.29 is 14.3 Å². The molecule has 5 aromatic rings. The molecule has 0 bridgehead atoms. The highest BCUT2D eigenvalue weighted by Gasteiger charge is 2.21. The molecule has 1 N–H and O–H groups in total. The number of ether oxygens (including phenoxy) is 1. The van der Waals surface area contributed by atoms with Gasteiger partial charge in [0.15, 0.2) is 0 Å². The predicted molar refractivity (Wildman–Crippen MR) is 157 cm³/mol. The van der Waals surface area contributed by atoms with Crippen LogP contribution in [-0.4, -0.2) is 39.9 Å². The number of imidazole rings is 1. The summed E-state index contributed by atoms with van der Waals surface area (Å²) < 4.78 is 7.00. The quantitative estimate of drug-likeness (QED) is 0.228. The summed E-state index contributed by atoms with van der Waals surface area (Å²) >= 11 is 6.26. The number of carbonyl (C=O) groups excluding carboxylic acids is 2. The number of anilines is 1. The van der Waals surface area contributed by atoms with E-state index in [-0.39, 0.29) is 24.9 Å². The van der Waals surface area contributed by atoms with Gasteiger partial charge in [0.25, 0.3) is 5.91 Å². The summed E-state index contributed by atoms with van der Waals surface area (Å²) in [7, 11) is 1.57. The van der Waals surface area contributed by atoms with Crippen LogP contribution in [-0.2, 0) is 11.3 Å². The molecule has 2 amide bonds. The molecular formula is C32H27ClN4O3. The molecule has 200 valence electrons. The van der Waals surface area contributed by atoms with Gasteiger partial charge in [-0.05, 0) is 48.0 Å². The Kier molecular flexibility index (Phi) is 8.23. The van der Waals surface area contributed by atoms with E-state index in [0.29, 0.717) is 28.0 Å².